The van der Waals surface area contributed by atoms with Crippen LogP contribution in [-0.2, 0) is 47.6 Å². The third-order valence-corrected chi connectivity index (χ3v) is 7.99. The molecular formula is C46H50O16. The normalized spacial score (nSPS) is 11.4. The molecule has 3 rings (SSSR count). The van der Waals surface area contributed by atoms with E-state index in [-0.39, 0.29) is 37.9 Å². The molecule has 330 valence electrons. The van der Waals surface area contributed by atoms with E-state index in [0.717, 1.165) is 24.3 Å². The van der Waals surface area contributed by atoms with Crippen LogP contribution in [0.5, 0.6) is 23.0 Å². The molecule has 16 nitrogen and oxygen atoms in total. The number of hydrogen-bond acceptors (Lipinski definition) is 16. The summed E-state index contributed by atoms with van der Waals surface area (Å²) in [6.45, 7) is 14.5. The minimum atomic E-state index is -0.788. The average Bonchev–Trinajstić information content (AvgIpc) is 3.29. The highest BCUT2D eigenvalue weighted by Crippen LogP contribution is 2.22. The highest BCUT2D eigenvalue weighted by atomic mass is 16.6. The maximum absolute atomic E-state index is 12.7. The summed E-state index contributed by atoms with van der Waals surface area (Å²) in [5.74, 6) is -2.18. The second-order valence-corrected chi connectivity index (χ2v) is 12.8. The first-order valence-electron chi connectivity index (χ1n) is 19.4. The van der Waals surface area contributed by atoms with Gasteiger partial charge in [-0.1, -0.05) is 26.3 Å². The molecule has 62 heavy (non-hydrogen) atoms. The third kappa shape index (κ3) is 19.8. The summed E-state index contributed by atoms with van der Waals surface area (Å²) in [4.78, 5) is 71.1. The van der Waals surface area contributed by atoms with Gasteiger partial charge >= 0.3 is 35.8 Å². The Hall–Kier alpha value is -7.04. The summed E-state index contributed by atoms with van der Waals surface area (Å²) in [7, 11) is 0. The highest BCUT2D eigenvalue weighted by molar-refractivity contribution is 5.92. The zero-order valence-corrected chi connectivity index (χ0v) is 34.2. The number of ether oxygens (including phenoxy) is 10. The fourth-order valence-corrected chi connectivity index (χ4v) is 4.83. The molecule has 16 heteroatoms. The van der Waals surface area contributed by atoms with Gasteiger partial charge in [0.05, 0.1) is 37.6 Å². The lowest BCUT2D eigenvalue weighted by molar-refractivity contribution is -0.156. The Morgan fingerprint density at radius 1 is 0.419 bits per heavy atom. The fraction of sp³-hybridized carbons (Fsp3) is 0.304. The summed E-state index contributed by atoms with van der Waals surface area (Å²) >= 11 is 0. The van der Waals surface area contributed by atoms with E-state index in [1.165, 1.54) is 24.3 Å². The number of rotatable bonds is 30. The molecule has 0 aromatic heterocycles. The molecule has 0 aliphatic rings. The molecule has 2 unspecified atom stereocenters. The monoisotopic (exact) mass is 858 g/mol. The van der Waals surface area contributed by atoms with Crippen molar-refractivity contribution in [1.82, 2.24) is 0 Å². The molecule has 0 heterocycles. The SMILES string of the molecule is C=CC(=O)OCC(COCCCCOc1ccc(C(=O)Oc2ccc(OC(=O)c3ccc(OCCCCOCC(COC(=O)C=C)OC(=O)C=C)cc3)cc2)cc1)OC(=O)C=C. The van der Waals surface area contributed by atoms with E-state index in [1.54, 1.807) is 48.5 Å². The average molecular weight is 859 g/mol. The topological polar surface area (TPSA) is 195 Å². The summed E-state index contributed by atoms with van der Waals surface area (Å²) in [6.07, 6.45) is 5.05. The van der Waals surface area contributed by atoms with Crippen LogP contribution < -0.4 is 18.9 Å². The maximum Gasteiger partial charge on any atom is 0.343 e. The van der Waals surface area contributed by atoms with Crippen molar-refractivity contribution in [2.24, 2.45) is 0 Å². The Kier molecular flexibility index (Phi) is 22.6. The lowest BCUT2D eigenvalue weighted by Crippen LogP contribution is -2.29. The molecule has 3 aromatic carbocycles. The van der Waals surface area contributed by atoms with Crippen LogP contribution in [-0.4, -0.2) is 101 Å². The minimum absolute atomic E-state index is 0.0283. The first-order chi connectivity index (χ1) is 30.0. The van der Waals surface area contributed by atoms with Gasteiger partial charge in [0.2, 0.25) is 0 Å². The van der Waals surface area contributed by atoms with Crippen LogP contribution in [0.2, 0.25) is 0 Å². The molecule has 0 bridgehead atoms. The van der Waals surface area contributed by atoms with Gasteiger partial charge in [0, 0.05) is 37.5 Å². The Balaban J connectivity index is 1.31. The molecule has 0 radical (unpaired) electrons. The smallest absolute Gasteiger partial charge is 0.343 e. The van der Waals surface area contributed by atoms with Crippen molar-refractivity contribution >= 4 is 35.8 Å². The van der Waals surface area contributed by atoms with Gasteiger partial charge in [0.15, 0.2) is 12.2 Å². The van der Waals surface area contributed by atoms with Gasteiger partial charge in [-0.05, 0) is 98.5 Å². The zero-order chi connectivity index (χ0) is 45.0. The van der Waals surface area contributed by atoms with Crippen LogP contribution in [0.25, 0.3) is 0 Å². The van der Waals surface area contributed by atoms with E-state index in [1.807, 2.05) is 0 Å². The minimum Gasteiger partial charge on any atom is -0.494 e. The standard InChI is InChI=1S/C46H50O16/c1-5-41(47)57-31-39(59-43(49)7-3)29-53-25-9-11-27-55-35-17-13-33(14-18-35)45(51)61-37-21-23-38(24-22-37)62-46(52)34-15-19-36(20-16-34)56-28-12-10-26-54-30-40(60-44(50)8-4)32-58-42(48)6-2/h5-8,13-24,39-40H,1-4,9-12,25-32H2. The fourth-order valence-electron chi connectivity index (χ4n) is 4.83. The second kappa shape index (κ2) is 28.4. The Labute approximate surface area is 359 Å². The van der Waals surface area contributed by atoms with E-state index in [4.69, 9.17) is 47.4 Å². The maximum atomic E-state index is 12.7. The molecule has 0 aliphatic carbocycles. The van der Waals surface area contributed by atoms with Crippen molar-refractivity contribution in [2.45, 2.75) is 37.9 Å². The molecule has 0 fully saturated rings. The number of benzene rings is 3. The lowest BCUT2D eigenvalue weighted by atomic mass is 10.2. The number of carbonyl (C=O) groups is 6. The highest BCUT2D eigenvalue weighted by Gasteiger charge is 2.17. The molecule has 0 spiro atoms. The largest absolute Gasteiger partial charge is 0.494 e. The number of hydrogen-bond donors (Lipinski definition) is 0. The molecule has 0 N–H and O–H groups in total. The predicted octanol–water partition coefficient (Wildman–Crippen LogP) is 6.13. The quantitative estimate of drug-likeness (QED) is 0.0244. The van der Waals surface area contributed by atoms with Gasteiger partial charge < -0.3 is 47.4 Å². The van der Waals surface area contributed by atoms with Crippen LogP contribution in [0.15, 0.2) is 123 Å². The zero-order valence-electron chi connectivity index (χ0n) is 34.2. The number of esters is 6. The summed E-state index contributed by atoms with van der Waals surface area (Å²) < 4.78 is 53.6. The van der Waals surface area contributed by atoms with E-state index in [0.29, 0.717) is 74.7 Å². The lowest BCUT2D eigenvalue weighted by Gasteiger charge is -2.17. The van der Waals surface area contributed by atoms with Crippen LogP contribution in [0, 0.1) is 0 Å². The van der Waals surface area contributed by atoms with Crippen molar-refractivity contribution in [1.29, 1.82) is 0 Å². The molecule has 0 saturated carbocycles. The van der Waals surface area contributed by atoms with Crippen LogP contribution in [0.1, 0.15) is 46.4 Å². The predicted molar refractivity (Wildman–Crippen MR) is 223 cm³/mol. The van der Waals surface area contributed by atoms with Gasteiger partial charge in [-0.3, -0.25) is 0 Å². The molecule has 0 amide bonds. The van der Waals surface area contributed by atoms with Gasteiger partial charge in [-0.25, -0.2) is 28.8 Å². The van der Waals surface area contributed by atoms with Crippen molar-refractivity contribution < 1.29 is 76.1 Å². The van der Waals surface area contributed by atoms with Crippen LogP contribution >= 0.6 is 0 Å². The van der Waals surface area contributed by atoms with Gasteiger partial charge in [0.1, 0.15) is 36.2 Å². The molecule has 2 atom stereocenters. The molecule has 0 saturated heterocycles. The Morgan fingerprint density at radius 2 is 0.742 bits per heavy atom. The third-order valence-electron chi connectivity index (χ3n) is 7.99. The number of unbranched alkanes of at least 4 members (excludes halogenated alkanes) is 2. The number of carbonyl (C=O) groups excluding carboxylic acids is 6. The summed E-state index contributed by atoms with van der Waals surface area (Å²) in [6, 6.07) is 18.9. The van der Waals surface area contributed by atoms with E-state index >= 15 is 0 Å². The summed E-state index contributed by atoms with van der Waals surface area (Å²) in [5, 5.41) is 0. The van der Waals surface area contributed by atoms with Gasteiger partial charge in [0.25, 0.3) is 0 Å². The van der Waals surface area contributed by atoms with Crippen LogP contribution in [0.4, 0.5) is 0 Å². The molecule has 3 aromatic rings. The first-order valence-corrected chi connectivity index (χ1v) is 19.4. The van der Waals surface area contributed by atoms with Crippen molar-refractivity contribution in [3.05, 3.63) is 135 Å². The van der Waals surface area contributed by atoms with Gasteiger partial charge in [-0.15, -0.1) is 0 Å². The first kappa shape index (κ1) is 49.3. The van der Waals surface area contributed by atoms with Crippen LogP contribution in [0.3, 0.4) is 0 Å². The van der Waals surface area contributed by atoms with E-state index in [9.17, 15) is 28.8 Å². The van der Waals surface area contributed by atoms with E-state index < -0.39 is 48.0 Å². The van der Waals surface area contributed by atoms with Crippen molar-refractivity contribution in [3.8, 4) is 23.0 Å². The Morgan fingerprint density at radius 3 is 1.08 bits per heavy atom. The summed E-state index contributed by atoms with van der Waals surface area (Å²) in [5.41, 5.74) is 0.600. The Bertz CT molecular complexity index is 1800. The van der Waals surface area contributed by atoms with Crippen molar-refractivity contribution in [2.75, 3.05) is 52.9 Å². The molecule has 0 aliphatic heterocycles. The van der Waals surface area contributed by atoms with Crippen molar-refractivity contribution in [3.63, 3.8) is 0 Å². The van der Waals surface area contributed by atoms with Gasteiger partial charge in [-0.2, -0.15) is 0 Å². The van der Waals surface area contributed by atoms with E-state index in [2.05, 4.69) is 26.3 Å². The molecular weight excluding hydrogens is 808 g/mol. The second-order valence-electron chi connectivity index (χ2n) is 12.8.